The van der Waals surface area contributed by atoms with Crippen molar-refractivity contribution in [3.8, 4) is 0 Å². The molecular formula is C13H17N3O4. The summed E-state index contributed by atoms with van der Waals surface area (Å²) in [7, 11) is 1.59. The van der Waals surface area contributed by atoms with Crippen LogP contribution in [0.3, 0.4) is 0 Å². The molecule has 1 rings (SSSR count). The first-order valence-corrected chi connectivity index (χ1v) is 5.94. The van der Waals surface area contributed by atoms with Crippen molar-refractivity contribution in [1.29, 1.82) is 0 Å². The van der Waals surface area contributed by atoms with E-state index in [0.29, 0.717) is 6.54 Å². The average molecular weight is 279 g/mol. The SMILES string of the molecule is CC(NC(N)=O)C(=O)N(C)Cc1ccc(C(=O)O)cc1. The first-order chi connectivity index (χ1) is 9.31. The second-order valence-electron chi connectivity index (χ2n) is 4.43. The van der Waals surface area contributed by atoms with Gasteiger partial charge in [0.1, 0.15) is 6.04 Å². The van der Waals surface area contributed by atoms with Gasteiger partial charge >= 0.3 is 12.0 Å². The maximum absolute atomic E-state index is 11.9. The van der Waals surface area contributed by atoms with E-state index in [1.165, 1.54) is 24.0 Å². The summed E-state index contributed by atoms with van der Waals surface area (Å²) in [4.78, 5) is 34.7. The van der Waals surface area contributed by atoms with Gasteiger partial charge in [0.05, 0.1) is 5.56 Å². The minimum atomic E-state index is -1.000. The number of nitrogens with zero attached hydrogens (tertiary/aromatic N) is 1. The number of hydrogen-bond donors (Lipinski definition) is 3. The van der Waals surface area contributed by atoms with E-state index in [0.717, 1.165) is 5.56 Å². The molecule has 7 nitrogen and oxygen atoms in total. The minimum absolute atomic E-state index is 0.187. The fourth-order valence-electron chi connectivity index (χ4n) is 1.71. The highest BCUT2D eigenvalue weighted by molar-refractivity contribution is 5.87. The van der Waals surface area contributed by atoms with Gasteiger partial charge in [-0.3, -0.25) is 4.79 Å². The minimum Gasteiger partial charge on any atom is -0.478 e. The van der Waals surface area contributed by atoms with Gasteiger partial charge in [0, 0.05) is 13.6 Å². The van der Waals surface area contributed by atoms with Gasteiger partial charge in [0.2, 0.25) is 5.91 Å². The average Bonchev–Trinajstić information content (AvgIpc) is 2.37. The summed E-state index contributed by atoms with van der Waals surface area (Å²) in [6, 6.07) is 4.75. The zero-order valence-electron chi connectivity index (χ0n) is 11.3. The lowest BCUT2D eigenvalue weighted by Gasteiger charge is -2.21. The fourth-order valence-corrected chi connectivity index (χ4v) is 1.71. The summed E-state index contributed by atoms with van der Waals surface area (Å²) in [5, 5.41) is 11.1. The maximum Gasteiger partial charge on any atom is 0.335 e. The molecule has 0 bridgehead atoms. The van der Waals surface area contributed by atoms with Crippen LogP contribution in [0.25, 0.3) is 0 Å². The van der Waals surface area contributed by atoms with Gasteiger partial charge < -0.3 is 21.1 Å². The summed E-state index contributed by atoms with van der Waals surface area (Å²) in [6.45, 7) is 1.85. The van der Waals surface area contributed by atoms with Crippen LogP contribution >= 0.6 is 0 Å². The zero-order valence-corrected chi connectivity index (χ0v) is 11.3. The molecule has 1 aromatic carbocycles. The van der Waals surface area contributed by atoms with Crippen LogP contribution in [0.4, 0.5) is 4.79 Å². The number of rotatable bonds is 5. The highest BCUT2D eigenvalue weighted by atomic mass is 16.4. The van der Waals surface area contributed by atoms with Crippen LogP contribution in [-0.4, -0.2) is 41.0 Å². The van der Waals surface area contributed by atoms with E-state index < -0.39 is 18.0 Å². The lowest BCUT2D eigenvalue weighted by Crippen LogP contribution is -2.47. The smallest absolute Gasteiger partial charge is 0.335 e. The Morgan fingerprint density at radius 1 is 1.30 bits per heavy atom. The molecule has 0 fully saturated rings. The predicted octanol–water partition coefficient (Wildman–Crippen LogP) is 0.400. The molecule has 20 heavy (non-hydrogen) atoms. The number of amides is 3. The van der Waals surface area contributed by atoms with Crippen molar-refractivity contribution in [2.45, 2.75) is 19.5 Å². The number of benzene rings is 1. The summed E-state index contributed by atoms with van der Waals surface area (Å²) < 4.78 is 0. The monoisotopic (exact) mass is 279 g/mol. The first kappa shape index (κ1) is 15.5. The molecule has 1 unspecified atom stereocenters. The summed E-state index contributed by atoms with van der Waals surface area (Å²) >= 11 is 0. The van der Waals surface area contributed by atoms with Crippen LogP contribution in [-0.2, 0) is 11.3 Å². The fraction of sp³-hybridized carbons (Fsp3) is 0.308. The highest BCUT2D eigenvalue weighted by Crippen LogP contribution is 2.07. The largest absolute Gasteiger partial charge is 0.478 e. The van der Waals surface area contributed by atoms with Crippen molar-refractivity contribution >= 4 is 17.9 Å². The Hall–Kier alpha value is -2.57. The summed E-state index contributed by atoms with van der Waals surface area (Å²) in [5.74, 6) is -1.29. The van der Waals surface area contributed by atoms with Crippen molar-refractivity contribution in [2.75, 3.05) is 7.05 Å². The highest BCUT2D eigenvalue weighted by Gasteiger charge is 2.18. The molecule has 7 heteroatoms. The van der Waals surface area contributed by atoms with Crippen molar-refractivity contribution in [2.24, 2.45) is 5.73 Å². The molecular weight excluding hydrogens is 262 g/mol. The summed E-state index contributed by atoms with van der Waals surface area (Å²) in [6.07, 6.45) is 0. The van der Waals surface area contributed by atoms with E-state index >= 15 is 0 Å². The molecule has 0 radical (unpaired) electrons. The molecule has 0 aliphatic carbocycles. The van der Waals surface area contributed by atoms with Crippen LogP contribution in [0.5, 0.6) is 0 Å². The third-order valence-electron chi connectivity index (χ3n) is 2.73. The Labute approximate surface area is 116 Å². The number of carbonyl (C=O) groups excluding carboxylic acids is 2. The Kier molecular flexibility index (Phi) is 5.08. The number of aromatic carboxylic acids is 1. The molecule has 3 amide bonds. The molecule has 0 heterocycles. The Morgan fingerprint density at radius 3 is 2.30 bits per heavy atom. The molecule has 1 aromatic rings. The molecule has 4 N–H and O–H groups in total. The molecule has 0 aliphatic rings. The van der Waals surface area contributed by atoms with Gasteiger partial charge in [-0.05, 0) is 24.6 Å². The lowest BCUT2D eigenvalue weighted by molar-refractivity contribution is -0.132. The number of nitrogens with one attached hydrogen (secondary N) is 1. The standard InChI is InChI=1S/C13H17N3O4/c1-8(15-13(14)20)11(17)16(2)7-9-3-5-10(6-4-9)12(18)19/h3-6,8H,7H2,1-2H3,(H,18,19)(H3,14,15,20). The Bertz CT molecular complexity index is 513. The summed E-state index contributed by atoms with van der Waals surface area (Å²) in [5.41, 5.74) is 5.93. The molecule has 0 aliphatic heterocycles. The maximum atomic E-state index is 11.9. The van der Waals surface area contributed by atoms with E-state index in [1.54, 1.807) is 19.2 Å². The van der Waals surface area contributed by atoms with Crippen molar-refractivity contribution in [1.82, 2.24) is 10.2 Å². The van der Waals surface area contributed by atoms with E-state index in [-0.39, 0.29) is 11.5 Å². The van der Waals surface area contributed by atoms with Gasteiger partial charge in [-0.15, -0.1) is 0 Å². The topological polar surface area (TPSA) is 113 Å². The molecule has 0 aromatic heterocycles. The van der Waals surface area contributed by atoms with Gasteiger partial charge in [0.15, 0.2) is 0 Å². The quantitative estimate of drug-likeness (QED) is 0.724. The molecule has 108 valence electrons. The predicted molar refractivity (Wildman–Crippen MR) is 72.1 cm³/mol. The Balaban J connectivity index is 2.65. The second-order valence-corrected chi connectivity index (χ2v) is 4.43. The lowest BCUT2D eigenvalue weighted by atomic mass is 10.1. The van der Waals surface area contributed by atoms with Gasteiger partial charge in [-0.25, -0.2) is 9.59 Å². The number of primary amides is 1. The van der Waals surface area contributed by atoms with Crippen LogP contribution in [0, 0.1) is 0 Å². The molecule has 0 saturated heterocycles. The van der Waals surface area contributed by atoms with Crippen LogP contribution in [0.1, 0.15) is 22.8 Å². The van der Waals surface area contributed by atoms with Gasteiger partial charge in [-0.2, -0.15) is 0 Å². The van der Waals surface area contributed by atoms with E-state index in [4.69, 9.17) is 10.8 Å². The number of carboxylic acid groups (broad SMARTS) is 1. The van der Waals surface area contributed by atoms with Gasteiger partial charge in [0.25, 0.3) is 0 Å². The van der Waals surface area contributed by atoms with E-state index in [1.807, 2.05) is 0 Å². The van der Waals surface area contributed by atoms with Crippen LogP contribution in [0.2, 0.25) is 0 Å². The molecule has 0 saturated carbocycles. The number of carboxylic acids is 1. The number of urea groups is 1. The van der Waals surface area contributed by atoms with Crippen LogP contribution in [0.15, 0.2) is 24.3 Å². The number of nitrogens with two attached hydrogens (primary N) is 1. The molecule has 0 spiro atoms. The van der Waals surface area contributed by atoms with Gasteiger partial charge in [-0.1, -0.05) is 12.1 Å². The number of likely N-dealkylation sites (N-methyl/N-ethyl adjacent to an activating group) is 1. The third kappa shape index (κ3) is 4.27. The number of hydrogen-bond acceptors (Lipinski definition) is 3. The zero-order chi connectivity index (χ0) is 15.3. The van der Waals surface area contributed by atoms with Crippen molar-refractivity contribution in [3.05, 3.63) is 35.4 Å². The van der Waals surface area contributed by atoms with Crippen LogP contribution < -0.4 is 11.1 Å². The first-order valence-electron chi connectivity index (χ1n) is 5.94. The third-order valence-corrected chi connectivity index (χ3v) is 2.73. The normalized spacial score (nSPS) is 11.5. The van der Waals surface area contributed by atoms with Crippen molar-refractivity contribution < 1.29 is 19.5 Å². The molecule has 1 atom stereocenters. The van der Waals surface area contributed by atoms with Crippen molar-refractivity contribution in [3.63, 3.8) is 0 Å². The Morgan fingerprint density at radius 2 is 1.85 bits per heavy atom. The number of carbonyl (C=O) groups is 3. The van der Waals surface area contributed by atoms with E-state index in [2.05, 4.69) is 5.32 Å². The second kappa shape index (κ2) is 6.55. The van der Waals surface area contributed by atoms with E-state index in [9.17, 15) is 14.4 Å².